The van der Waals surface area contributed by atoms with E-state index in [-0.39, 0.29) is 6.10 Å². The third-order valence-electron chi connectivity index (χ3n) is 5.95. The Hall–Kier alpha value is -1.88. The van der Waals surface area contributed by atoms with Gasteiger partial charge in [-0.05, 0) is 34.1 Å². The van der Waals surface area contributed by atoms with Crippen molar-refractivity contribution in [3.8, 4) is 11.5 Å². The first-order valence-corrected chi connectivity index (χ1v) is 12.4. The molecule has 0 amide bonds. The summed E-state index contributed by atoms with van der Waals surface area (Å²) in [5.74, 6) is 1.74. The van der Waals surface area contributed by atoms with E-state index in [0.717, 1.165) is 31.7 Å². The molecule has 8 nitrogen and oxygen atoms in total. The lowest BCUT2D eigenvalue weighted by Gasteiger charge is -2.41. The number of anilines is 2. The van der Waals surface area contributed by atoms with Crippen molar-refractivity contribution in [2.45, 2.75) is 12.1 Å². The highest BCUT2D eigenvalue weighted by atomic mass is 79.9. The molecule has 1 aromatic heterocycles. The van der Waals surface area contributed by atoms with Crippen LogP contribution in [-0.2, 0) is 9.47 Å². The normalized spacial score (nSPS) is 20.7. The van der Waals surface area contributed by atoms with Crippen molar-refractivity contribution in [1.29, 1.82) is 0 Å². The minimum Gasteiger partial charge on any atom is -0.493 e. The summed E-state index contributed by atoms with van der Waals surface area (Å²) in [6, 6.07) is 7.67. The monoisotopic (exact) mass is 568 g/mol. The first kappa shape index (κ1) is 23.8. The van der Waals surface area contributed by atoms with E-state index in [2.05, 4.69) is 36.1 Å². The molecule has 0 saturated carbocycles. The predicted octanol–water partition coefficient (Wildman–Crippen LogP) is 4.93. The van der Waals surface area contributed by atoms with Gasteiger partial charge in [-0.25, -0.2) is 9.97 Å². The number of ether oxygens (including phenoxy) is 4. The summed E-state index contributed by atoms with van der Waals surface area (Å²) < 4.78 is 24.0. The van der Waals surface area contributed by atoms with Crippen LogP contribution in [0.25, 0.3) is 10.9 Å². The molecule has 1 N–H and O–H groups in total. The Balaban J connectivity index is 1.36. The standard InChI is InChI=1S/C23H23BrCl2N4O4/c1-31-19-6-15-18(27-12-28-23(15)29-17-3-2-16(24)21(25)22(17)26)7-20(19)34-11-14-8-30-4-5-32-9-13(30)10-33-14/h2-3,6-7,12-14H,4-5,8-11H2,1H3,(H,27,28,29)/t13-,14+/m0/s1. The molecule has 34 heavy (non-hydrogen) atoms. The second kappa shape index (κ2) is 10.4. The summed E-state index contributed by atoms with van der Waals surface area (Å²) in [5.41, 5.74) is 1.33. The van der Waals surface area contributed by atoms with Crippen molar-refractivity contribution in [2.75, 3.05) is 51.9 Å². The predicted molar refractivity (Wildman–Crippen MR) is 135 cm³/mol. The van der Waals surface area contributed by atoms with Crippen LogP contribution in [0, 0.1) is 0 Å². The molecule has 180 valence electrons. The minimum absolute atomic E-state index is 0.0262. The first-order chi connectivity index (χ1) is 16.5. The molecule has 2 aromatic carbocycles. The smallest absolute Gasteiger partial charge is 0.163 e. The molecular formula is C23H23BrCl2N4O4. The quantitative estimate of drug-likeness (QED) is 0.419. The summed E-state index contributed by atoms with van der Waals surface area (Å²) in [4.78, 5) is 11.2. The molecule has 0 aliphatic carbocycles. The van der Waals surface area contributed by atoms with Crippen molar-refractivity contribution < 1.29 is 18.9 Å². The summed E-state index contributed by atoms with van der Waals surface area (Å²) >= 11 is 16.0. The molecule has 5 rings (SSSR count). The number of nitrogens with zero attached hydrogens (tertiary/aromatic N) is 3. The zero-order valence-corrected chi connectivity index (χ0v) is 21.5. The number of morpholine rings is 2. The first-order valence-electron chi connectivity index (χ1n) is 10.8. The molecular weight excluding hydrogens is 547 g/mol. The van der Waals surface area contributed by atoms with Gasteiger partial charge in [-0.15, -0.1) is 0 Å². The van der Waals surface area contributed by atoms with E-state index in [4.69, 9.17) is 42.1 Å². The molecule has 2 atom stereocenters. The van der Waals surface area contributed by atoms with Crippen LogP contribution in [0.15, 0.2) is 35.1 Å². The van der Waals surface area contributed by atoms with Crippen LogP contribution >= 0.6 is 39.1 Å². The van der Waals surface area contributed by atoms with E-state index >= 15 is 0 Å². The highest BCUT2D eigenvalue weighted by Gasteiger charge is 2.31. The van der Waals surface area contributed by atoms with E-state index in [1.807, 2.05) is 24.3 Å². The van der Waals surface area contributed by atoms with Crippen LogP contribution in [0.2, 0.25) is 10.0 Å². The van der Waals surface area contributed by atoms with Gasteiger partial charge in [0.15, 0.2) is 11.5 Å². The fourth-order valence-corrected chi connectivity index (χ4v) is 4.94. The Kier molecular flexibility index (Phi) is 7.29. The van der Waals surface area contributed by atoms with Crippen LogP contribution in [0.3, 0.4) is 0 Å². The molecule has 2 aliphatic rings. The van der Waals surface area contributed by atoms with Gasteiger partial charge in [-0.3, -0.25) is 4.90 Å². The van der Waals surface area contributed by atoms with Crippen molar-refractivity contribution >= 4 is 61.5 Å². The Labute approximate surface area is 215 Å². The van der Waals surface area contributed by atoms with Crippen molar-refractivity contribution in [3.05, 3.63) is 45.1 Å². The van der Waals surface area contributed by atoms with E-state index in [0.29, 0.717) is 62.3 Å². The maximum Gasteiger partial charge on any atom is 0.163 e. The molecule has 3 aromatic rings. The van der Waals surface area contributed by atoms with Gasteiger partial charge in [-0.1, -0.05) is 23.2 Å². The number of rotatable bonds is 6. The van der Waals surface area contributed by atoms with Crippen molar-refractivity contribution in [2.24, 2.45) is 0 Å². The highest BCUT2D eigenvalue weighted by Crippen LogP contribution is 2.39. The lowest BCUT2D eigenvalue weighted by atomic mass is 10.1. The van der Waals surface area contributed by atoms with Gasteiger partial charge in [-0.2, -0.15) is 0 Å². The van der Waals surface area contributed by atoms with Crippen LogP contribution in [0.4, 0.5) is 11.5 Å². The molecule has 0 spiro atoms. The summed E-state index contributed by atoms with van der Waals surface area (Å²) in [6.07, 6.45) is 1.46. The molecule has 0 bridgehead atoms. The SMILES string of the molecule is COc1cc2c(Nc3ccc(Br)c(Cl)c3Cl)ncnc2cc1OC[C@H]1CN2CCOC[C@H]2CO1. The maximum absolute atomic E-state index is 6.41. The summed E-state index contributed by atoms with van der Waals surface area (Å²) in [6.45, 7) is 4.28. The molecule has 2 fully saturated rings. The van der Waals surface area contributed by atoms with Gasteiger partial charge in [0.1, 0.15) is 24.9 Å². The van der Waals surface area contributed by atoms with Crippen LogP contribution in [0.5, 0.6) is 11.5 Å². The van der Waals surface area contributed by atoms with Crippen molar-refractivity contribution in [1.82, 2.24) is 14.9 Å². The second-order valence-electron chi connectivity index (χ2n) is 8.08. The number of benzene rings is 2. The fraction of sp³-hybridized carbons (Fsp3) is 0.391. The maximum atomic E-state index is 6.41. The van der Waals surface area contributed by atoms with E-state index < -0.39 is 0 Å². The lowest BCUT2D eigenvalue weighted by molar-refractivity contribution is -0.124. The molecule has 2 aliphatic heterocycles. The summed E-state index contributed by atoms with van der Waals surface area (Å²) in [5, 5.41) is 4.82. The number of nitrogens with one attached hydrogen (secondary N) is 1. The Bertz CT molecular complexity index is 1200. The zero-order valence-electron chi connectivity index (χ0n) is 18.4. The number of hydrogen-bond donors (Lipinski definition) is 1. The van der Waals surface area contributed by atoms with Crippen LogP contribution < -0.4 is 14.8 Å². The number of methoxy groups -OCH3 is 1. The zero-order chi connectivity index (χ0) is 23.7. The fourth-order valence-electron chi connectivity index (χ4n) is 4.11. The summed E-state index contributed by atoms with van der Waals surface area (Å²) in [7, 11) is 1.60. The van der Waals surface area contributed by atoms with E-state index in [9.17, 15) is 0 Å². The Morgan fingerprint density at radius 2 is 2.06 bits per heavy atom. The molecule has 0 radical (unpaired) electrons. The van der Waals surface area contributed by atoms with E-state index in [1.165, 1.54) is 6.33 Å². The number of halogens is 3. The highest BCUT2D eigenvalue weighted by molar-refractivity contribution is 9.10. The van der Waals surface area contributed by atoms with Gasteiger partial charge in [0.25, 0.3) is 0 Å². The molecule has 2 saturated heterocycles. The number of hydrogen-bond acceptors (Lipinski definition) is 8. The minimum atomic E-state index is -0.0262. The molecule has 3 heterocycles. The van der Waals surface area contributed by atoms with Crippen LogP contribution in [0.1, 0.15) is 0 Å². The van der Waals surface area contributed by atoms with E-state index in [1.54, 1.807) is 7.11 Å². The van der Waals surface area contributed by atoms with Gasteiger partial charge in [0.05, 0.1) is 54.2 Å². The Morgan fingerprint density at radius 1 is 1.18 bits per heavy atom. The van der Waals surface area contributed by atoms with Gasteiger partial charge < -0.3 is 24.3 Å². The third-order valence-corrected chi connectivity index (χ3v) is 7.72. The average Bonchev–Trinajstić information content (AvgIpc) is 2.87. The molecule has 11 heteroatoms. The number of fused-ring (bicyclic) bond motifs is 2. The lowest BCUT2D eigenvalue weighted by Crippen LogP contribution is -2.56. The van der Waals surface area contributed by atoms with Gasteiger partial charge >= 0.3 is 0 Å². The van der Waals surface area contributed by atoms with Crippen molar-refractivity contribution in [3.63, 3.8) is 0 Å². The van der Waals surface area contributed by atoms with Crippen LogP contribution in [-0.4, -0.2) is 73.6 Å². The second-order valence-corrected chi connectivity index (χ2v) is 9.69. The molecule has 0 unspecified atom stereocenters. The number of aromatic nitrogens is 2. The van der Waals surface area contributed by atoms with Gasteiger partial charge in [0, 0.05) is 29.0 Å². The average molecular weight is 570 g/mol. The topological polar surface area (TPSA) is 78.0 Å². The van der Waals surface area contributed by atoms with Gasteiger partial charge in [0.2, 0.25) is 0 Å². The third kappa shape index (κ3) is 4.91. The largest absolute Gasteiger partial charge is 0.493 e. The Morgan fingerprint density at radius 3 is 2.91 bits per heavy atom.